The van der Waals surface area contributed by atoms with Crippen molar-refractivity contribution in [2.45, 2.75) is 24.8 Å². The van der Waals surface area contributed by atoms with Gasteiger partial charge in [-0.25, -0.2) is 13.3 Å². The van der Waals surface area contributed by atoms with Gasteiger partial charge in [0.25, 0.3) is 11.5 Å². The molecule has 9 heteroatoms. The van der Waals surface area contributed by atoms with Crippen LogP contribution in [0.2, 0.25) is 10.0 Å². The third-order valence-corrected chi connectivity index (χ3v) is 4.90. The zero-order valence-electron chi connectivity index (χ0n) is 13.2. The van der Waals surface area contributed by atoms with E-state index in [2.05, 4.69) is 15.4 Å². The molecule has 4 rings (SSSR count). The molecule has 0 atom stereocenters. The number of rotatable bonds is 3. The second kappa shape index (κ2) is 6.17. The van der Waals surface area contributed by atoms with E-state index in [-0.39, 0.29) is 24.4 Å². The number of alkyl halides is 2. The summed E-state index contributed by atoms with van der Waals surface area (Å²) in [6, 6.07) is 7.89. The molecule has 0 spiro atoms. The molecule has 1 saturated carbocycles. The second-order valence-corrected chi connectivity index (χ2v) is 6.99. The highest BCUT2D eigenvalue weighted by Gasteiger charge is 2.45. The van der Waals surface area contributed by atoms with Gasteiger partial charge in [0.15, 0.2) is 0 Å². The predicted molar refractivity (Wildman–Crippen MR) is 96.3 cm³/mol. The molecule has 0 unspecified atom stereocenters. The zero-order valence-corrected chi connectivity index (χ0v) is 14.7. The summed E-state index contributed by atoms with van der Waals surface area (Å²) in [6.07, 6.45) is 0.817. The highest BCUT2D eigenvalue weighted by Crippen LogP contribution is 2.39. The van der Waals surface area contributed by atoms with Gasteiger partial charge in [0.2, 0.25) is 0 Å². The molecule has 0 aliphatic heterocycles. The molecule has 0 radical (unpaired) electrons. The number of fused-ring (bicyclic) bond motifs is 1. The number of hydrogen-bond donors (Lipinski definition) is 1. The molecule has 0 amide bonds. The summed E-state index contributed by atoms with van der Waals surface area (Å²) >= 11 is 12.5. The molecular weight excluding hydrogens is 385 g/mol. The van der Waals surface area contributed by atoms with E-state index in [1.54, 1.807) is 30.3 Å². The van der Waals surface area contributed by atoms with Crippen molar-refractivity contribution in [1.82, 2.24) is 14.6 Å². The predicted octanol–water partition coefficient (Wildman–Crippen LogP) is 4.27. The maximum atomic E-state index is 13.0. The fourth-order valence-electron chi connectivity index (χ4n) is 3.03. The van der Waals surface area contributed by atoms with Crippen molar-refractivity contribution in [2.24, 2.45) is 0 Å². The first-order valence-corrected chi connectivity index (χ1v) is 8.57. The smallest absolute Gasteiger partial charge is 0.281 e. The van der Waals surface area contributed by atoms with Crippen molar-refractivity contribution >= 4 is 34.5 Å². The Balaban J connectivity index is 1.78. The Kier molecular flexibility index (Phi) is 4.08. The number of nitrogens with one attached hydrogen (secondary N) is 1. The molecule has 1 aliphatic rings. The summed E-state index contributed by atoms with van der Waals surface area (Å²) in [7, 11) is 0. The van der Waals surface area contributed by atoms with Gasteiger partial charge >= 0.3 is 0 Å². The van der Waals surface area contributed by atoms with Gasteiger partial charge in [0.1, 0.15) is 12.1 Å². The molecular formula is C17H12Cl2F2N4O. The molecule has 0 bridgehead atoms. The van der Waals surface area contributed by atoms with Crippen molar-refractivity contribution in [1.29, 1.82) is 0 Å². The Hall–Kier alpha value is -2.25. The van der Waals surface area contributed by atoms with Crippen LogP contribution in [0.5, 0.6) is 0 Å². The van der Waals surface area contributed by atoms with Crippen molar-refractivity contribution in [3.05, 3.63) is 57.1 Å². The first-order chi connectivity index (χ1) is 12.3. The van der Waals surface area contributed by atoms with Crippen molar-refractivity contribution < 1.29 is 8.78 Å². The third-order valence-electron chi connectivity index (χ3n) is 4.27. The van der Waals surface area contributed by atoms with E-state index >= 15 is 0 Å². The number of aromatic nitrogens is 3. The molecule has 1 aromatic carbocycles. The third kappa shape index (κ3) is 3.01. The van der Waals surface area contributed by atoms with Crippen LogP contribution >= 0.6 is 23.2 Å². The minimum atomic E-state index is -2.62. The van der Waals surface area contributed by atoms with Gasteiger partial charge in [-0.15, -0.1) is 5.10 Å². The van der Waals surface area contributed by atoms with Gasteiger partial charge in [0.05, 0.1) is 21.1 Å². The molecule has 1 aliphatic carbocycles. The van der Waals surface area contributed by atoms with Gasteiger partial charge < -0.3 is 5.32 Å². The normalized spacial score (nSPS) is 16.5. The van der Waals surface area contributed by atoms with Crippen LogP contribution in [0.15, 0.2) is 41.5 Å². The summed E-state index contributed by atoms with van der Waals surface area (Å²) in [5.74, 6) is -2.20. The summed E-state index contributed by atoms with van der Waals surface area (Å²) in [6.45, 7) is 0. The topological polar surface area (TPSA) is 59.3 Å². The molecule has 5 nitrogen and oxygen atoms in total. The number of benzene rings is 1. The average molecular weight is 397 g/mol. The minimum absolute atomic E-state index is 0.227. The number of nitrogens with zero attached hydrogens (tertiary/aromatic N) is 3. The summed E-state index contributed by atoms with van der Waals surface area (Å²) in [4.78, 5) is 16.2. The zero-order chi connectivity index (χ0) is 18.5. The van der Waals surface area contributed by atoms with E-state index in [1.807, 2.05) is 0 Å². The standard InChI is InChI=1S/C17H12Cl2F2N4O/c18-10-2-1-3-11(19)14(10)15-12-4-5-13(23-9-6-17(20,21)7-9)24-25(12)8-22-16(15)26/h1-5,8-9H,6-7H2,(H,23,24). The highest BCUT2D eigenvalue weighted by molar-refractivity contribution is 6.39. The second-order valence-electron chi connectivity index (χ2n) is 6.18. The van der Waals surface area contributed by atoms with E-state index < -0.39 is 11.5 Å². The number of halogens is 4. The van der Waals surface area contributed by atoms with E-state index in [9.17, 15) is 13.6 Å². The molecule has 2 aromatic heterocycles. The van der Waals surface area contributed by atoms with Crippen molar-refractivity contribution in [2.75, 3.05) is 5.32 Å². The van der Waals surface area contributed by atoms with E-state index in [0.29, 0.717) is 26.9 Å². The van der Waals surface area contributed by atoms with E-state index in [1.165, 1.54) is 10.8 Å². The first-order valence-electron chi connectivity index (χ1n) is 7.81. The Morgan fingerprint density at radius 3 is 2.46 bits per heavy atom. The van der Waals surface area contributed by atoms with Gasteiger partial charge in [-0.1, -0.05) is 29.3 Å². The fraction of sp³-hybridized carbons (Fsp3) is 0.235. The van der Waals surface area contributed by atoms with Crippen LogP contribution in [0.3, 0.4) is 0 Å². The summed E-state index contributed by atoms with van der Waals surface area (Å²) < 4.78 is 27.3. The lowest BCUT2D eigenvalue weighted by Gasteiger charge is -2.35. The lowest BCUT2D eigenvalue weighted by Crippen LogP contribution is -2.44. The Morgan fingerprint density at radius 2 is 1.81 bits per heavy atom. The summed E-state index contributed by atoms with van der Waals surface area (Å²) in [5.41, 5.74) is 0.593. The number of anilines is 1. The Bertz CT molecular complexity index is 1040. The van der Waals surface area contributed by atoms with Crippen molar-refractivity contribution in [3.63, 3.8) is 0 Å². The average Bonchev–Trinajstić information content (AvgIpc) is 2.55. The largest absolute Gasteiger partial charge is 0.365 e. The van der Waals surface area contributed by atoms with Gasteiger partial charge in [-0.2, -0.15) is 4.98 Å². The van der Waals surface area contributed by atoms with Crippen LogP contribution in [-0.2, 0) is 0 Å². The SMILES string of the molecule is O=c1ncn2nc(NC3CC(F)(F)C3)ccc2c1-c1c(Cl)cccc1Cl. The fourth-order valence-corrected chi connectivity index (χ4v) is 3.61. The maximum Gasteiger partial charge on any atom is 0.281 e. The maximum absolute atomic E-state index is 13.0. The van der Waals surface area contributed by atoms with Crippen LogP contribution < -0.4 is 10.9 Å². The van der Waals surface area contributed by atoms with E-state index in [4.69, 9.17) is 23.2 Å². The van der Waals surface area contributed by atoms with Crippen LogP contribution in [0.1, 0.15) is 12.8 Å². The van der Waals surface area contributed by atoms with Crippen LogP contribution in [0.25, 0.3) is 16.6 Å². The quantitative estimate of drug-likeness (QED) is 0.717. The van der Waals surface area contributed by atoms with Crippen LogP contribution in [0, 0.1) is 0 Å². The summed E-state index contributed by atoms with van der Waals surface area (Å²) in [5, 5.41) is 7.90. The minimum Gasteiger partial charge on any atom is -0.365 e. The number of hydrogen-bond acceptors (Lipinski definition) is 4. The molecule has 1 fully saturated rings. The molecule has 134 valence electrons. The molecule has 2 heterocycles. The van der Waals surface area contributed by atoms with Crippen LogP contribution in [0.4, 0.5) is 14.6 Å². The van der Waals surface area contributed by atoms with Gasteiger partial charge in [-0.05, 0) is 24.3 Å². The molecule has 1 N–H and O–H groups in total. The van der Waals surface area contributed by atoms with Crippen LogP contribution in [-0.4, -0.2) is 26.6 Å². The van der Waals surface area contributed by atoms with Gasteiger partial charge in [0, 0.05) is 24.4 Å². The molecule has 0 saturated heterocycles. The lowest BCUT2D eigenvalue weighted by atomic mass is 9.88. The Labute approximate surface area is 156 Å². The lowest BCUT2D eigenvalue weighted by molar-refractivity contribution is -0.0794. The molecule has 3 aromatic rings. The molecule has 26 heavy (non-hydrogen) atoms. The van der Waals surface area contributed by atoms with Crippen molar-refractivity contribution in [3.8, 4) is 11.1 Å². The van der Waals surface area contributed by atoms with E-state index in [0.717, 1.165) is 0 Å². The monoisotopic (exact) mass is 396 g/mol. The first kappa shape index (κ1) is 17.2. The van der Waals surface area contributed by atoms with Gasteiger partial charge in [-0.3, -0.25) is 4.79 Å². The highest BCUT2D eigenvalue weighted by atomic mass is 35.5. The Morgan fingerprint density at radius 1 is 1.12 bits per heavy atom.